The molecular formula is C15H16N2O4. The Morgan fingerprint density at radius 1 is 1.29 bits per heavy atom. The van der Waals surface area contributed by atoms with Gasteiger partial charge in [0.2, 0.25) is 6.79 Å². The molecular weight excluding hydrogens is 272 g/mol. The maximum Gasteiger partial charge on any atom is 0.319 e. The number of hydrogen-bond acceptors (Lipinski definition) is 4. The molecule has 1 aliphatic heterocycles. The van der Waals surface area contributed by atoms with E-state index in [1.165, 1.54) is 0 Å². The topological polar surface area (TPSA) is 72.7 Å². The third kappa shape index (κ3) is 3.28. The van der Waals surface area contributed by atoms with Crippen molar-refractivity contribution in [3.05, 3.63) is 42.4 Å². The van der Waals surface area contributed by atoms with E-state index in [1.807, 2.05) is 13.0 Å². The summed E-state index contributed by atoms with van der Waals surface area (Å²) >= 11 is 0. The summed E-state index contributed by atoms with van der Waals surface area (Å²) in [6.07, 6.45) is 4.01. The van der Waals surface area contributed by atoms with Crippen LogP contribution in [-0.2, 0) is 6.42 Å². The Hall–Kier alpha value is -2.63. The number of ether oxygens (including phenoxy) is 2. The number of amides is 2. The van der Waals surface area contributed by atoms with Crippen LogP contribution in [0.25, 0.3) is 0 Å². The van der Waals surface area contributed by atoms with Crippen LogP contribution in [0.2, 0.25) is 0 Å². The molecule has 1 unspecified atom stereocenters. The van der Waals surface area contributed by atoms with Crippen LogP contribution in [-0.4, -0.2) is 18.9 Å². The van der Waals surface area contributed by atoms with Gasteiger partial charge in [-0.3, -0.25) is 0 Å². The van der Waals surface area contributed by atoms with Crippen LogP contribution >= 0.6 is 0 Å². The molecule has 6 nitrogen and oxygen atoms in total. The first kappa shape index (κ1) is 13.4. The maximum absolute atomic E-state index is 11.9. The molecule has 6 heteroatoms. The summed E-state index contributed by atoms with van der Waals surface area (Å²) in [5.74, 6) is 1.33. The summed E-state index contributed by atoms with van der Waals surface area (Å²) in [4.78, 5) is 11.9. The van der Waals surface area contributed by atoms with Gasteiger partial charge in [-0.15, -0.1) is 0 Å². The fourth-order valence-corrected chi connectivity index (χ4v) is 2.18. The highest BCUT2D eigenvalue weighted by Crippen LogP contribution is 2.34. The van der Waals surface area contributed by atoms with Gasteiger partial charge >= 0.3 is 6.03 Å². The zero-order valence-electron chi connectivity index (χ0n) is 11.6. The lowest BCUT2D eigenvalue weighted by atomic mass is 10.1. The van der Waals surface area contributed by atoms with Crippen molar-refractivity contribution < 1.29 is 18.7 Å². The number of anilines is 1. The Kier molecular flexibility index (Phi) is 3.68. The third-order valence-electron chi connectivity index (χ3n) is 3.13. The third-order valence-corrected chi connectivity index (χ3v) is 3.13. The first-order valence-electron chi connectivity index (χ1n) is 6.69. The molecule has 3 rings (SSSR count). The van der Waals surface area contributed by atoms with Crippen LogP contribution in [0.4, 0.5) is 10.5 Å². The predicted octanol–water partition coefficient (Wildman–Crippen LogP) is 2.76. The lowest BCUT2D eigenvalue weighted by molar-refractivity contribution is 0.174. The molecule has 0 saturated carbocycles. The largest absolute Gasteiger partial charge is 0.472 e. The van der Waals surface area contributed by atoms with E-state index in [-0.39, 0.29) is 18.9 Å². The predicted molar refractivity (Wildman–Crippen MR) is 76.6 cm³/mol. The summed E-state index contributed by atoms with van der Waals surface area (Å²) < 4.78 is 15.5. The quantitative estimate of drug-likeness (QED) is 0.907. The van der Waals surface area contributed by atoms with Crippen LogP contribution < -0.4 is 20.1 Å². The number of carbonyl (C=O) groups excluding carboxylic acids is 1. The highest BCUT2D eigenvalue weighted by Gasteiger charge is 2.14. The molecule has 21 heavy (non-hydrogen) atoms. The molecule has 0 radical (unpaired) electrons. The van der Waals surface area contributed by atoms with Gasteiger partial charge in [0.05, 0.1) is 12.5 Å². The Morgan fingerprint density at radius 2 is 2.14 bits per heavy atom. The second-order valence-corrected chi connectivity index (χ2v) is 4.90. The molecule has 2 amide bonds. The number of nitrogens with one attached hydrogen (secondary N) is 2. The van der Waals surface area contributed by atoms with Gasteiger partial charge in [0.1, 0.15) is 0 Å². The fourth-order valence-electron chi connectivity index (χ4n) is 2.18. The van der Waals surface area contributed by atoms with Crippen LogP contribution in [0.1, 0.15) is 12.5 Å². The minimum atomic E-state index is -0.259. The fraction of sp³-hybridized carbons (Fsp3) is 0.267. The first-order chi connectivity index (χ1) is 10.2. The molecule has 1 aromatic heterocycles. The molecule has 0 saturated heterocycles. The average Bonchev–Trinajstić information content (AvgIpc) is 3.08. The molecule has 0 fully saturated rings. The van der Waals surface area contributed by atoms with Crippen LogP contribution in [0.15, 0.2) is 41.2 Å². The molecule has 2 heterocycles. The van der Waals surface area contributed by atoms with Gasteiger partial charge in [0, 0.05) is 17.8 Å². The Bertz CT molecular complexity index is 625. The monoisotopic (exact) mass is 288 g/mol. The first-order valence-corrected chi connectivity index (χ1v) is 6.69. The van der Waals surface area contributed by atoms with E-state index >= 15 is 0 Å². The van der Waals surface area contributed by atoms with E-state index in [4.69, 9.17) is 13.9 Å². The number of benzene rings is 1. The van der Waals surface area contributed by atoms with Crippen molar-refractivity contribution in [3.63, 3.8) is 0 Å². The second-order valence-electron chi connectivity index (χ2n) is 4.90. The number of carbonyl (C=O) groups is 1. The molecule has 2 N–H and O–H groups in total. The summed E-state index contributed by atoms with van der Waals surface area (Å²) in [7, 11) is 0. The molecule has 1 atom stereocenters. The van der Waals surface area contributed by atoms with Crippen LogP contribution in [0.5, 0.6) is 11.5 Å². The number of urea groups is 1. The van der Waals surface area contributed by atoms with Crippen LogP contribution in [0, 0.1) is 0 Å². The average molecular weight is 288 g/mol. The van der Waals surface area contributed by atoms with Gasteiger partial charge < -0.3 is 24.5 Å². The number of furan rings is 1. The van der Waals surface area contributed by atoms with Crippen molar-refractivity contribution in [3.8, 4) is 11.5 Å². The van der Waals surface area contributed by atoms with Crippen molar-refractivity contribution in [2.24, 2.45) is 0 Å². The molecule has 2 aromatic rings. The standard InChI is InChI=1S/C15H16N2O4/c1-10(6-11-4-5-19-8-11)16-15(18)17-12-2-3-13-14(7-12)21-9-20-13/h2-5,7-8,10H,6,9H2,1H3,(H2,16,17,18). The normalized spacial score (nSPS) is 13.8. The van der Waals surface area contributed by atoms with Gasteiger partial charge in [-0.2, -0.15) is 0 Å². The van der Waals surface area contributed by atoms with Gasteiger partial charge in [0.25, 0.3) is 0 Å². The Morgan fingerprint density at radius 3 is 2.95 bits per heavy atom. The van der Waals surface area contributed by atoms with Crippen molar-refractivity contribution in [1.29, 1.82) is 0 Å². The van der Waals surface area contributed by atoms with E-state index in [2.05, 4.69) is 10.6 Å². The summed E-state index contributed by atoms with van der Waals surface area (Å²) in [6, 6.07) is 6.90. The summed E-state index contributed by atoms with van der Waals surface area (Å²) in [6.45, 7) is 2.15. The molecule has 1 aliphatic rings. The van der Waals surface area contributed by atoms with Gasteiger partial charge in [-0.25, -0.2) is 4.79 Å². The lowest BCUT2D eigenvalue weighted by Gasteiger charge is -2.14. The van der Waals surface area contributed by atoms with Crippen LogP contribution in [0.3, 0.4) is 0 Å². The lowest BCUT2D eigenvalue weighted by Crippen LogP contribution is -2.37. The molecule has 110 valence electrons. The van der Waals surface area contributed by atoms with Crippen molar-refractivity contribution >= 4 is 11.7 Å². The molecule has 0 bridgehead atoms. The number of fused-ring (bicyclic) bond motifs is 1. The van der Waals surface area contributed by atoms with E-state index in [1.54, 1.807) is 30.7 Å². The highest BCUT2D eigenvalue weighted by molar-refractivity contribution is 5.89. The van der Waals surface area contributed by atoms with E-state index in [0.29, 0.717) is 23.6 Å². The Labute approximate surface area is 122 Å². The zero-order valence-corrected chi connectivity index (χ0v) is 11.6. The summed E-state index contributed by atoms with van der Waals surface area (Å²) in [5, 5.41) is 5.64. The Balaban J connectivity index is 1.54. The van der Waals surface area contributed by atoms with Gasteiger partial charge in [0.15, 0.2) is 11.5 Å². The summed E-state index contributed by atoms with van der Waals surface area (Å²) in [5.41, 5.74) is 1.71. The zero-order chi connectivity index (χ0) is 14.7. The SMILES string of the molecule is CC(Cc1ccoc1)NC(=O)Nc1ccc2c(c1)OCO2. The minimum Gasteiger partial charge on any atom is -0.472 e. The van der Waals surface area contributed by atoms with E-state index < -0.39 is 0 Å². The molecule has 1 aromatic carbocycles. The minimum absolute atomic E-state index is 0.00314. The second kappa shape index (κ2) is 5.78. The van der Waals surface area contributed by atoms with Crippen molar-refractivity contribution in [2.75, 3.05) is 12.1 Å². The van der Waals surface area contributed by atoms with Crippen molar-refractivity contribution in [2.45, 2.75) is 19.4 Å². The van der Waals surface area contributed by atoms with Crippen molar-refractivity contribution in [1.82, 2.24) is 5.32 Å². The highest BCUT2D eigenvalue weighted by atomic mass is 16.7. The maximum atomic E-state index is 11.9. The number of hydrogen-bond donors (Lipinski definition) is 2. The smallest absolute Gasteiger partial charge is 0.319 e. The van der Waals surface area contributed by atoms with E-state index in [9.17, 15) is 4.79 Å². The van der Waals surface area contributed by atoms with Gasteiger partial charge in [-0.05, 0) is 37.1 Å². The van der Waals surface area contributed by atoms with E-state index in [0.717, 1.165) is 5.56 Å². The molecule has 0 aliphatic carbocycles. The number of rotatable bonds is 4. The van der Waals surface area contributed by atoms with Gasteiger partial charge in [-0.1, -0.05) is 0 Å². The molecule has 0 spiro atoms.